The highest BCUT2D eigenvalue weighted by atomic mass is 19.1. The molecular formula is C29H36FN3O3. The van der Waals surface area contributed by atoms with Crippen molar-refractivity contribution >= 4 is 16.9 Å². The van der Waals surface area contributed by atoms with Crippen molar-refractivity contribution in [3.8, 4) is 17.0 Å². The summed E-state index contributed by atoms with van der Waals surface area (Å²) in [5.41, 5.74) is 5.46. The summed E-state index contributed by atoms with van der Waals surface area (Å²) in [6, 6.07) is 11.6. The molecule has 192 valence electrons. The Labute approximate surface area is 212 Å². The van der Waals surface area contributed by atoms with Gasteiger partial charge in [-0.3, -0.25) is 0 Å². The second kappa shape index (κ2) is 10.2. The number of rotatable bonds is 6. The number of fused-ring (bicyclic) bond motifs is 5. The predicted octanol–water partition coefficient (Wildman–Crippen LogP) is 5.39. The molecule has 0 radical (unpaired) electrons. The maximum Gasteiger partial charge on any atom is 0.335 e. The molecule has 2 heterocycles. The molecule has 1 aliphatic carbocycles. The molecule has 0 amide bonds. The van der Waals surface area contributed by atoms with E-state index in [0.29, 0.717) is 13.0 Å². The molecule has 2 atom stereocenters. The van der Waals surface area contributed by atoms with Crippen LogP contribution in [0.5, 0.6) is 5.75 Å². The molecule has 1 saturated carbocycles. The molecule has 36 heavy (non-hydrogen) atoms. The molecule has 2 aromatic carbocycles. The highest BCUT2D eigenvalue weighted by Crippen LogP contribution is 2.47. The average molecular weight is 494 g/mol. The number of nitrogens with zero attached hydrogens (tertiary/aromatic N) is 3. The Morgan fingerprint density at radius 3 is 2.69 bits per heavy atom. The molecule has 1 aliphatic heterocycles. The summed E-state index contributed by atoms with van der Waals surface area (Å²) in [7, 11) is 6.15. The van der Waals surface area contributed by atoms with Crippen molar-refractivity contribution < 1.29 is 19.0 Å². The minimum atomic E-state index is -0.946. The zero-order chi connectivity index (χ0) is 25.4. The minimum absolute atomic E-state index is 0.186. The van der Waals surface area contributed by atoms with Crippen molar-refractivity contribution in [1.82, 2.24) is 14.4 Å². The third-order valence-electron chi connectivity index (χ3n) is 7.69. The van der Waals surface area contributed by atoms with Gasteiger partial charge in [0.15, 0.2) is 0 Å². The first-order chi connectivity index (χ1) is 17.3. The molecule has 6 nitrogen and oxygen atoms in total. The molecule has 3 aromatic rings. The molecule has 1 fully saturated rings. The second-order valence-electron chi connectivity index (χ2n) is 10.6. The van der Waals surface area contributed by atoms with Crippen molar-refractivity contribution in [1.29, 1.82) is 0 Å². The highest BCUT2D eigenvalue weighted by molar-refractivity contribution is 5.98. The fraction of sp³-hybridized carbons (Fsp3) is 0.483. The topological polar surface area (TPSA) is 57.9 Å². The molecule has 0 spiro atoms. The first-order valence-electron chi connectivity index (χ1n) is 13.0. The van der Waals surface area contributed by atoms with Gasteiger partial charge in [-0.1, -0.05) is 18.9 Å². The number of carbonyl (C=O) groups is 1. The lowest BCUT2D eigenvalue weighted by atomic mass is 9.80. The van der Waals surface area contributed by atoms with Crippen LogP contribution >= 0.6 is 0 Å². The van der Waals surface area contributed by atoms with Gasteiger partial charge in [0, 0.05) is 48.6 Å². The summed E-state index contributed by atoms with van der Waals surface area (Å²) in [6.45, 7) is 3.74. The van der Waals surface area contributed by atoms with Crippen LogP contribution in [0.3, 0.4) is 0 Å². The molecule has 0 bridgehead atoms. The third kappa shape index (κ3) is 4.74. The lowest BCUT2D eigenvalue weighted by Gasteiger charge is -2.29. The van der Waals surface area contributed by atoms with Crippen molar-refractivity contribution in [2.45, 2.75) is 50.9 Å². The monoisotopic (exact) mass is 493 g/mol. The van der Waals surface area contributed by atoms with Crippen molar-refractivity contribution in [3.63, 3.8) is 0 Å². The lowest BCUT2D eigenvalue weighted by Crippen LogP contribution is -2.26. The SMILES string of the molecule is CN(C)CCOc1ccc2c(c1)CN(C)CCn1c-2c([C@@H]2CCCC[C@H]2F)c2ccc(C(=O)O)cc21. The van der Waals surface area contributed by atoms with Gasteiger partial charge in [0.2, 0.25) is 0 Å². The second-order valence-corrected chi connectivity index (χ2v) is 10.6. The Morgan fingerprint density at radius 2 is 1.94 bits per heavy atom. The van der Waals surface area contributed by atoms with Gasteiger partial charge in [-0.25, -0.2) is 9.18 Å². The van der Waals surface area contributed by atoms with Gasteiger partial charge in [0.25, 0.3) is 0 Å². The summed E-state index contributed by atoms with van der Waals surface area (Å²) in [5, 5.41) is 10.7. The number of aromatic nitrogens is 1. The van der Waals surface area contributed by atoms with Crippen molar-refractivity contribution in [2.24, 2.45) is 0 Å². The fourth-order valence-corrected chi connectivity index (χ4v) is 5.83. The molecule has 5 rings (SSSR count). The van der Waals surface area contributed by atoms with E-state index in [-0.39, 0.29) is 11.5 Å². The summed E-state index contributed by atoms with van der Waals surface area (Å²) in [6.07, 6.45) is 2.44. The first kappa shape index (κ1) is 24.8. The summed E-state index contributed by atoms with van der Waals surface area (Å²) in [4.78, 5) is 16.2. The zero-order valence-corrected chi connectivity index (χ0v) is 21.5. The van der Waals surface area contributed by atoms with E-state index in [0.717, 1.165) is 84.5 Å². The van der Waals surface area contributed by atoms with E-state index in [4.69, 9.17) is 4.74 Å². The van der Waals surface area contributed by atoms with Gasteiger partial charge in [-0.2, -0.15) is 0 Å². The number of ether oxygens (including phenoxy) is 1. The third-order valence-corrected chi connectivity index (χ3v) is 7.69. The van der Waals surface area contributed by atoms with Crippen molar-refractivity contribution in [2.75, 3.05) is 40.8 Å². The van der Waals surface area contributed by atoms with Crippen LogP contribution in [0.2, 0.25) is 0 Å². The van der Waals surface area contributed by atoms with Gasteiger partial charge in [-0.15, -0.1) is 0 Å². The van der Waals surface area contributed by atoms with Crippen LogP contribution in [0.15, 0.2) is 36.4 Å². The number of carboxylic acids is 1. The number of aromatic carboxylic acids is 1. The number of hydrogen-bond donors (Lipinski definition) is 1. The van der Waals surface area contributed by atoms with Crippen LogP contribution in [0, 0.1) is 0 Å². The van der Waals surface area contributed by atoms with Crippen LogP contribution in [-0.4, -0.2) is 72.5 Å². The van der Waals surface area contributed by atoms with E-state index < -0.39 is 12.1 Å². The Morgan fingerprint density at radius 1 is 1.14 bits per heavy atom. The molecule has 1 N–H and O–H groups in total. The molecule has 0 saturated heterocycles. The normalized spacial score (nSPS) is 20.6. The summed E-state index contributed by atoms with van der Waals surface area (Å²) >= 11 is 0. The van der Waals surface area contributed by atoms with Crippen LogP contribution in [0.4, 0.5) is 4.39 Å². The van der Waals surface area contributed by atoms with E-state index in [1.807, 2.05) is 26.2 Å². The zero-order valence-electron chi connectivity index (χ0n) is 21.5. The Bertz CT molecular complexity index is 1270. The largest absolute Gasteiger partial charge is 0.492 e. The van der Waals surface area contributed by atoms with Gasteiger partial charge >= 0.3 is 5.97 Å². The quantitative estimate of drug-likeness (QED) is 0.499. The van der Waals surface area contributed by atoms with Gasteiger partial charge in [0.05, 0.1) is 11.3 Å². The van der Waals surface area contributed by atoms with Crippen molar-refractivity contribution in [3.05, 3.63) is 53.1 Å². The molecular weight excluding hydrogens is 457 g/mol. The van der Waals surface area contributed by atoms with E-state index >= 15 is 4.39 Å². The van der Waals surface area contributed by atoms with Crippen LogP contribution in [0.1, 0.15) is 53.1 Å². The highest BCUT2D eigenvalue weighted by Gasteiger charge is 2.34. The van der Waals surface area contributed by atoms with Crippen LogP contribution in [0.25, 0.3) is 22.2 Å². The number of hydrogen-bond acceptors (Lipinski definition) is 4. The smallest absolute Gasteiger partial charge is 0.335 e. The fourth-order valence-electron chi connectivity index (χ4n) is 5.83. The van der Waals surface area contributed by atoms with E-state index in [1.54, 1.807) is 12.1 Å². The number of carboxylic acid groups (broad SMARTS) is 1. The predicted molar refractivity (Wildman–Crippen MR) is 141 cm³/mol. The van der Waals surface area contributed by atoms with Crippen LogP contribution < -0.4 is 4.74 Å². The number of likely N-dealkylation sites (N-methyl/N-ethyl adjacent to an activating group) is 2. The standard InChI is InChI=1S/C29H36FN3O3/c1-31(2)14-15-36-21-9-11-22-20(16-21)18-32(3)12-13-33-26-17-19(29(34)35)8-10-24(26)27(28(22)33)23-6-4-5-7-25(23)30/h8-11,16-17,23,25H,4-7,12-15,18H2,1-3H3,(H,34,35)/t23-,25-/m1/s1. The van der Waals surface area contributed by atoms with Crippen LogP contribution in [-0.2, 0) is 13.1 Å². The molecule has 2 aliphatic rings. The van der Waals surface area contributed by atoms with E-state index in [1.165, 1.54) is 0 Å². The van der Waals surface area contributed by atoms with Gasteiger partial charge < -0.3 is 24.2 Å². The maximum atomic E-state index is 15.5. The molecule has 7 heteroatoms. The summed E-state index contributed by atoms with van der Waals surface area (Å²) in [5.74, 6) is -0.296. The number of alkyl halides is 1. The minimum Gasteiger partial charge on any atom is -0.492 e. The Kier molecular flexibility index (Phi) is 7.04. The Balaban J connectivity index is 1.71. The molecule has 1 aromatic heterocycles. The average Bonchev–Trinajstić information content (AvgIpc) is 3.14. The molecule has 0 unspecified atom stereocenters. The van der Waals surface area contributed by atoms with E-state index in [9.17, 15) is 9.90 Å². The number of halogens is 1. The first-order valence-corrected chi connectivity index (χ1v) is 13.0. The van der Waals surface area contributed by atoms with Gasteiger partial charge in [0.1, 0.15) is 18.5 Å². The maximum absolute atomic E-state index is 15.5. The summed E-state index contributed by atoms with van der Waals surface area (Å²) < 4.78 is 23.8. The van der Waals surface area contributed by atoms with Gasteiger partial charge in [-0.05, 0) is 75.4 Å². The lowest BCUT2D eigenvalue weighted by molar-refractivity contribution is 0.0697. The number of benzene rings is 2. The van der Waals surface area contributed by atoms with E-state index in [2.05, 4.69) is 33.5 Å². The Hall–Kier alpha value is -2.90.